The van der Waals surface area contributed by atoms with Gasteiger partial charge in [0.15, 0.2) is 0 Å². The smallest absolute Gasteiger partial charge is 0.213 e. The number of likely N-dealkylation sites (tertiary alicyclic amines) is 1. The molecule has 2 aromatic rings. The van der Waals surface area contributed by atoms with Crippen molar-refractivity contribution in [1.82, 2.24) is 9.88 Å². The van der Waals surface area contributed by atoms with Crippen molar-refractivity contribution in [2.75, 3.05) is 26.7 Å². The first kappa shape index (κ1) is 17.2. The molecule has 0 atom stereocenters. The summed E-state index contributed by atoms with van der Waals surface area (Å²) in [5, 5.41) is 1.66. The summed E-state index contributed by atoms with van der Waals surface area (Å²) in [6.07, 6.45) is 3.33. The van der Waals surface area contributed by atoms with Crippen LogP contribution in [-0.4, -0.2) is 41.9 Å². The third-order valence-corrected chi connectivity index (χ3v) is 5.63. The van der Waals surface area contributed by atoms with E-state index in [1.54, 1.807) is 19.2 Å². The van der Waals surface area contributed by atoms with Crippen molar-refractivity contribution in [1.29, 1.82) is 0 Å². The molecule has 0 spiro atoms. The zero-order chi connectivity index (χ0) is 16.8. The SMILES string of the molecule is COc1cccc(SC2CCN(CCc3ccc(F)cc3)CC2)n1. The monoisotopic (exact) mass is 346 g/mol. The predicted molar refractivity (Wildman–Crippen MR) is 96.2 cm³/mol. The molecular weight excluding hydrogens is 323 g/mol. The summed E-state index contributed by atoms with van der Waals surface area (Å²) in [6.45, 7) is 3.27. The van der Waals surface area contributed by atoms with E-state index in [-0.39, 0.29) is 5.82 Å². The Kier molecular flexibility index (Phi) is 6.10. The Labute approximate surface area is 147 Å². The minimum absolute atomic E-state index is 0.164. The topological polar surface area (TPSA) is 25.4 Å². The minimum Gasteiger partial charge on any atom is -0.481 e. The Balaban J connectivity index is 1.42. The maximum Gasteiger partial charge on any atom is 0.213 e. The van der Waals surface area contributed by atoms with E-state index in [0.717, 1.165) is 31.1 Å². The number of aromatic nitrogens is 1. The molecule has 1 fully saturated rings. The van der Waals surface area contributed by atoms with Gasteiger partial charge in [0, 0.05) is 17.9 Å². The molecule has 3 rings (SSSR count). The second-order valence-corrected chi connectivity index (χ2v) is 7.37. The van der Waals surface area contributed by atoms with Crippen molar-refractivity contribution in [3.8, 4) is 5.88 Å². The fourth-order valence-corrected chi connectivity index (χ4v) is 4.02. The maximum atomic E-state index is 12.9. The van der Waals surface area contributed by atoms with Gasteiger partial charge in [-0.3, -0.25) is 0 Å². The van der Waals surface area contributed by atoms with Gasteiger partial charge in [-0.05, 0) is 56.1 Å². The van der Waals surface area contributed by atoms with Crippen molar-refractivity contribution in [2.45, 2.75) is 29.5 Å². The zero-order valence-electron chi connectivity index (χ0n) is 14.0. The zero-order valence-corrected chi connectivity index (χ0v) is 14.8. The highest BCUT2D eigenvalue weighted by atomic mass is 32.2. The number of hydrogen-bond acceptors (Lipinski definition) is 4. The van der Waals surface area contributed by atoms with Crippen LogP contribution in [0.25, 0.3) is 0 Å². The van der Waals surface area contributed by atoms with Gasteiger partial charge in [0.1, 0.15) is 10.8 Å². The second kappa shape index (κ2) is 8.49. The van der Waals surface area contributed by atoms with Gasteiger partial charge in [0.25, 0.3) is 0 Å². The normalized spacial score (nSPS) is 16.2. The van der Waals surface area contributed by atoms with E-state index < -0.39 is 0 Å². The molecule has 0 aliphatic carbocycles. The fraction of sp³-hybridized carbons (Fsp3) is 0.421. The third kappa shape index (κ3) is 4.95. The van der Waals surface area contributed by atoms with Crippen LogP contribution in [0.2, 0.25) is 0 Å². The van der Waals surface area contributed by atoms with E-state index in [2.05, 4.69) is 9.88 Å². The molecule has 0 amide bonds. The molecule has 0 N–H and O–H groups in total. The Hall–Kier alpha value is -1.59. The number of methoxy groups -OCH3 is 1. The van der Waals surface area contributed by atoms with Crippen LogP contribution in [-0.2, 0) is 6.42 Å². The number of pyridine rings is 1. The molecule has 1 aliphatic heterocycles. The van der Waals surface area contributed by atoms with Crippen molar-refractivity contribution in [3.05, 3.63) is 53.8 Å². The summed E-state index contributed by atoms with van der Waals surface area (Å²) >= 11 is 1.85. The summed E-state index contributed by atoms with van der Waals surface area (Å²) in [5.74, 6) is 0.513. The lowest BCUT2D eigenvalue weighted by Gasteiger charge is -2.31. The number of benzene rings is 1. The van der Waals surface area contributed by atoms with E-state index in [9.17, 15) is 4.39 Å². The second-order valence-electron chi connectivity index (χ2n) is 6.05. The van der Waals surface area contributed by atoms with Crippen LogP contribution in [0.4, 0.5) is 4.39 Å². The van der Waals surface area contributed by atoms with E-state index in [1.807, 2.05) is 42.1 Å². The van der Waals surface area contributed by atoms with Crippen molar-refractivity contribution >= 4 is 11.8 Å². The molecule has 1 aliphatic rings. The number of nitrogens with zero attached hydrogens (tertiary/aromatic N) is 2. The number of rotatable bonds is 6. The largest absolute Gasteiger partial charge is 0.481 e. The molecule has 3 nitrogen and oxygen atoms in total. The molecule has 128 valence electrons. The van der Waals surface area contributed by atoms with Gasteiger partial charge in [0.05, 0.1) is 7.11 Å². The number of thioether (sulfide) groups is 1. The van der Waals surface area contributed by atoms with E-state index in [1.165, 1.54) is 18.4 Å². The van der Waals surface area contributed by atoms with Crippen LogP contribution in [0.1, 0.15) is 18.4 Å². The molecule has 24 heavy (non-hydrogen) atoms. The lowest BCUT2D eigenvalue weighted by atomic mass is 10.1. The van der Waals surface area contributed by atoms with Crippen LogP contribution in [0.15, 0.2) is 47.5 Å². The summed E-state index contributed by atoms with van der Waals surface area (Å²) in [5.41, 5.74) is 1.20. The minimum atomic E-state index is -0.164. The van der Waals surface area contributed by atoms with Gasteiger partial charge in [-0.2, -0.15) is 0 Å². The molecule has 1 aromatic heterocycles. The third-order valence-electron chi connectivity index (χ3n) is 4.36. The van der Waals surface area contributed by atoms with E-state index in [0.29, 0.717) is 11.1 Å². The van der Waals surface area contributed by atoms with E-state index >= 15 is 0 Å². The quantitative estimate of drug-likeness (QED) is 0.789. The highest BCUT2D eigenvalue weighted by Crippen LogP contribution is 2.30. The summed E-state index contributed by atoms with van der Waals surface area (Å²) in [7, 11) is 1.65. The Bertz CT molecular complexity index is 642. The molecule has 0 radical (unpaired) electrons. The molecule has 0 saturated carbocycles. The number of hydrogen-bond donors (Lipinski definition) is 0. The number of ether oxygens (including phenoxy) is 1. The molecule has 2 heterocycles. The average Bonchev–Trinajstić information content (AvgIpc) is 2.63. The van der Waals surface area contributed by atoms with Gasteiger partial charge < -0.3 is 9.64 Å². The Morgan fingerprint density at radius 2 is 1.92 bits per heavy atom. The molecule has 0 bridgehead atoms. The lowest BCUT2D eigenvalue weighted by molar-refractivity contribution is 0.235. The molecular formula is C19H23FN2OS. The van der Waals surface area contributed by atoms with Crippen LogP contribution >= 0.6 is 11.8 Å². The predicted octanol–water partition coefficient (Wildman–Crippen LogP) is 4.03. The summed E-state index contributed by atoms with van der Waals surface area (Å²) in [4.78, 5) is 6.98. The molecule has 5 heteroatoms. The van der Waals surface area contributed by atoms with Gasteiger partial charge in [-0.25, -0.2) is 9.37 Å². The highest BCUT2D eigenvalue weighted by Gasteiger charge is 2.20. The van der Waals surface area contributed by atoms with Crippen molar-refractivity contribution < 1.29 is 9.13 Å². The lowest BCUT2D eigenvalue weighted by Crippen LogP contribution is -2.36. The Morgan fingerprint density at radius 1 is 1.17 bits per heavy atom. The van der Waals surface area contributed by atoms with Gasteiger partial charge in [-0.15, -0.1) is 11.8 Å². The van der Waals surface area contributed by atoms with Crippen LogP contribution < -0.4 is 4.74 Å². The molecule has 0 unspecified atom stereocenters. The van der Waals surface area contributed by atoms with Crippen LogP contribution in [0.5, 0.6) is 5.88 Å². The molecule has 1 aromatic carbocycles. The van der Waals surface area contributed by atoms with E-state index in [4.69, 9.17) is 4.74 Å². The highest BCUT2D eigenvalue weighted by molar-refractivity contribution is 7.99. The first-order chi connectivity index (χ1) is 11.7. The van der Waals surface area contributed by atoms with Crippen molar-refractivity contribution in [3.63, 3.8) is 0 Å². The first-order valence-electron chi connectivity index (χ1n) is 8.37. The summed E-state index contributed by atoms with van der Waals surface area (Å²) < 4.78 is 18.1. The maximum absolute atomic E-state index is 12.9. The van der Waals surface area contributed by atoms with Crippen molar-refractivity contribution in [2.24, 2.45) is 0 Å². The summed E-state index contributed by atoms with van der Waals surface area (Å²) in [6, 6.07) is 12.8. The van der Waals surface area contributed by atoms with Gasteiger partial charge >= 0.3 is 0 Å². The Morgan fingerprint density at radius 3 is 2.62 bits per heavy atom. The molecule has 1 saturated heterocycles. The standard InChI is InChI=1S/C19H23FN2OS/c1-23-18-3-2-4-19(21-18)24-17-10-13-22(14-11-17)12-9-15-5-7-16(20)8-6-15/h2-8,17H,9-14H2,1H3. The first-order valence-corrected chi connectivity index (χ1v) is 9.25. The number of halogens is 1. The van der Waals surface area contributed by atoms with Gasteiger partial charge in [-0.1, -0.05) is 18.2 Å². The van der Waals surface area contributed by atoms with Gasteiger partial charge in [0.2, 0.25) is 5.88 Å². The average molecular weight is 346 g/mol. The fourth-order valence-electron chi connectivity index (χ4n) is 2.93. The number of piperidine rings is 1. The van der Waals surface area contributed by atoms with Crippen LogP contribution in [0, 0.1) is 5.82 Å². The van der Waals surface area contributed by atoms with Crippen LogP contribution in [0.3, 0.4) is 0 Å².